The van der Waals surface area contributed by atoms with Gasteiger partial charge in [-0.3, -0.25) is 4.79 Å². The molecule has 2 aromatic heterocycles. The van der Waals surface area contributed by atoms with E-state index in [1.165, 1.54) is 12.1 Å². The minimum Gasteiger partial charge on any atom is -0.356 e. The molecule has 0 saturated carbocycles. The largest absolute Gasteiger partial charge is 0.356 e. The average molecular weight is 339 g/mol. The molecule has 1 N–H and O–H groups in total. The number of carbonyl (C=O) groups is 1. The topological polar surface area (TPSA) is 46.4 Å². The first kappa shape index (κ1) is 17.1. The van der Waals surface area contributed by atoms with E-state index in [9.17, 15) is 9.18 Å². The van der Waals surface area contributed by atoms with Crippen LogP contribution in [0.2, 0.25) is 0 Å². The summed E-state index contributed by atoms with van der Waals surface area (Å²) in [4.78, 5) is 16.8. The molecule has 1 aromatic carbocycles. The van der Waals surface area contributed by atoms with E-state index in [1.807, 2.05) is 37.5 Å². The van der Waals surface area contributed by atoms with E-state index < -0.39 is 0 Å². The van der Waals surface area contributed by atoms with Crippen LogP contribution in [0, 0.1) is 5.82 Å². The zero-order chi connectivity index (χ0) is 17.6. The van der Waals surface area contributed by atoms with Gasteiger partial charge in [0.05, 0.1) is 17.6 Å². The molecule has 4 nitrogen and oxygen atoms in total. The number of hydrogen-bond donors (Lipinski definition) is 1. The molecule has 0 aliphatic rings. The lowest BCUT2D eigenvalue weighted by Crippen LogP contribution is -2.30. The van der Waals surface area contributed by atoms with Crippen LogP contribution in [0.3, 0.4) is 0 Å². The van der Waals surface area contributed by atoms with Crippen LogP contribution >= 0.6 is 0 Å². The summed E-state index contributed by atoms with van der Waals surface area (Å²) in [6, 6.07) is 12.1. The lowest BCUT2D eigenvalue weighted by atomic mass is 9.95. The number of rotatable bonds is 7. The Morgan fingerprint density at radius 3 is 2.80 bits per heavy atom. The zero-order valence-corrected chi connectivity index (χ0v) is 14.3. The molecule has 1 amide bonds. The van der Waals surface area contributed by atoms with Crippen LogP contribution in [-0.4, -0.2) is 21.8 Å². The van der Waals surface area contributed by atoms with Crippen LogP contribution in [0.15, 0.2) is 54.9 Å². The first-order chi connectivity index (χ1) is 12.2. The number of carbonyl (C=O) groups excluding carboxylic acids is 1. The third-order valence-electron chi connectivity index (χ3n) is 4.39. The van der Waals surface area contributed by atoms with Gasteiger partial charge >= 0.3 is 0 Å². The molecular formula is C20H22FN3O. The second kappa shape index (κ2) is 7.92. The summed E-state index contributed by atoms with van der Waals surface area (Å²) in [5.74, 6) is 0.455. The van der Waals surface area contributed by atoms with Gasteiger partial charge in [0.25, 0.3) is 0 Å². The van der Waals surface area contributed by atoms with E-state index in [0.717, 1.165) is 29.7 Å². The number of nitrogens with one attached hydrogen (secondary N) is 1. The molecule has 1 unspecified atom stereocenters. The first-order valence-corrected chi connectivity index (χ1v) is 8.63. The third kappa shape index (κ3) is 4.05. The molecule has 5 heteroatoms. The molecule has 1 atom stereocenters. The van der Waals surface area contributed by atoms with Crippen LogP contribution in [0.4, 0.5) is 4.39 Å². The molecule has 0 spiro atoms. The number of nitrogens with zero attached hydrogens (tertiary/aromatic N) is 2. The summed E-state index contributed by atoms with van der Waals surface area (Å²) >= 11 is 0. The van der Waals surface area contributed by atoms with E-state index in [4.69, 9.17) is 0 Å². The van der Waals surface area contributed by atoms with Gasteiger partial charge in [0, 0.05) is 19.2 Å². The second-order valence-corrected chi connectivity index (χ2v) is 6.08. The van der Waals surface area contributed by atoms with Crippen molar-refractivity contribution in [3.8, 4) is 0 Å². The highest BCUT2D eigenvalue weighted by molar-refractivity contribution is 5.83. The number of aryl methyl sites for hydroxylation is 1. The first-order valence-electron chi connectivity index (χ1n) is 8.63. The normalized spacial score (nSPS) is 12.2. The van der Waals surface area contributed by atoms with Crippen LogP contribution in [0.1, 0.15) is 37.1 Å². The maximum Gasteiger partial charge on any atom is 0.227 e. The monoisotopic (exact) mass is 339 g/mol. The number of imidazole rings is 1. The van der Waals surface area contributed by atoms with Crippen molar-refractivity contribution in [1.29, 1.82) is 0 Å². The average Bonchev–Trinajstić information content (AvgIpc) is 3.04. The van der Waals surface area contributed by atoms with Crippen molar-refractivity contribution >= 4 is 11.4 Å². The summed E-state index contributed by atoms with van der Waals surface area (Å²) < 4.78 is 15.1. The van der Waals surface area contributed by atoms with Crippen LogP contribution in [-0.2, 0) is 11.2 Å². The molecule has 0 aliphatic carbocycles. The highest BCUT2D eigenvalue weighted by atomic mass is 19.1. The molecule has 0 fully saturated rings. The number of hydrogen-bond acceptors (Lipinski definition) is 2. The van der Waals surface area contributed by atoms with Gasteiger partial charge in [-0.15, -0.1) is 0 Å². The molecule has 130 valence electrons. The smallest absolute Gasteiger partial charge is 0.227 e. The van der Waals surface area contributed by atoms with E-state index in [-0.39, 0.29) is 17.6 Å². The maximum absolute atomic E-state index is 13.0. The standard InChI is InChI=1S/C20H22FN3O/c1-2-18(15-8-10-16(21)11-9-15)20(25)22-12-5-7-19-23-14-17-6-3-4-13-24(17)19/h3-4,6,8-11,13-14,18H,2,5,7,12H2,1H3,(H,22,25). The van der Waals surface area contributed by atoms with Gasteiger partial charge in [-0.2, -0.15) is 0 Å². The molecule has 0 radical (unpaired) electrons. The fourth-order valence-corrected chi connectivity index (χ4v) is 3.03. The SMILES string of the molecule is CCC(C(=O)NCCCc1ncc2ccccn12)c1ccc(F)cc1. The Bertz CT molecular complexity index is 842. The van der Waals surface area contributed by atoms with E-state index >= 15 is 0 Å². The molecule has 3 aromatic rings. The van der Waals surface area contributed by atoms with Gasteiger partial charge < -0.3 is 9.72 Å². The number of fused-ring (bicyclic) bond motifs is 1. The van der Waals surface area contributed by atoms with Gasteiger partial charge in [-0.25, -0.2) is 9.37 Å². The van der Waals surface area contributed by atoms with Gasteiger partial charge in [0.1, 0.15) is 11.6 Å². The zero-order valence-electron chi connectivity index (χ0n) is 14.3. The van der Waals surface area contributed by atoms with Crippen molar-refractivity contribution in [3.63, 3.8) is 0 Å². The Labute approximate surface area is 146 Å². The van der Waals surface area contributed by atoms with Crippen LogP contribution in [0.5, 0.6) is 0 Å². The lowest BCUT2D eigenvalue weighted by Gasteiger charge is -2.15. The van der Waals surface area contributed by atoms with E-state index in [1.54, 1.807) is 12.1 Å². The highest BCUT2D eigenvalue weighted by Gasteiger charge is 2.18. The fraction of sp³-hybridized carbons (Fsp3) is 0.300. The molecule has 0 aliphatic heterocycles. The minimum atomic E-state index is -0.286. The molecular weight excluding hydrogens is 317 g/mol. The summed E-state index contributed by atoms with van der Waals surface area (Å²) in [7, 11) is 0. The van der Waals surface area contributed by atoms with Gasteiger partial charge in [0.2, 0.25) is 5.91 Å². The van der Waals surface area contributed by atoms with Crippen molar-refractivity contribution in [2.45, 2.75) is 32.1 Å². The van der Waals surface area contributed by atoms with Crippen LogP contribution < -0.4 is 5.32 Å². The molecule has 0 saturated heterocycles. The Balaban J connectivity index is 1.52. The quantitative estimate of drug-likeness (QED) is 0.667. The summed E-state index contributed by atoms with van der Waals surface area (Å²) in [5, 5.41) is 2.99. The van der Waals surface area contributed by atoms with Crippen molar-refractivity contribution in [1.82, 2.24) is 14.7 Å². The Morgan fingerprint density at radius 1 is 1.24 bits per heavy atom. The summed E-state index contributed by atoms with van der Waals surface area (Å²) in [6.07, 6.45) is 6.15. The number of amides is 1. The Kier molecular flexibility index (Phi) is 5.43. The second-order valence-electron chi connectivity index (χ2n) is 6.08. The van der Waals surface area contributed by atoms with Crippen molar-refractivity contribution < 1.29 is 9.18 Å². The van der Waals surface area contributed by atoms with E-state index in [0.29, 0.717) is 13.0 Å². The van der Waals surface area contributed by atoms with Gasteiger partial charge in [-0.05, 0) is 42.7 Å². The van der Waals surface area contributed by atoms with Crippen molar-refractivity contribution in [2.24, 2.45) is 0 Å². The Hall–Kier alpha value is -2.69. The Morgan fingerprint density at radius 2 is 2.04 bits per heavy atom. The molecule has 3 rings (SSSR count). The molecule has 0 bridgehead atoms. The van der Waals surface area contributed by atoms with Crippen molar-refractivity contribution in [3.05, 3.63) is 72.1 Å². The maximum atomic E-state index is 13.0. The van der Waals surface area contributed by atoms with Crippen molar-refractivity contribution in [2.75, 3.05) is 6.54 Å². The van der Waals surface area contributed by atoms with E-state index in [2.05, 4.69) is 14.7 Å². The van der Waals surface area contributed by atoms with Gasteiger partial charge in [0.15, 0.2) is 0 Å². The number of aromatic nitrogens is 2. The minimum absolute atomic E-state index is 0.0120. The molecule has 25 heavy (non-hydrogen) atoms. The number of halogens is 1. The molecule has 2 heterocycles. The fourth-order valence-electron chi connectivity index (χ4n) is 3.03. The number of benzene rings is 1. The highest BCUT2D eigenvalue weighted by Crippen LogP contribution is 2.20. The predicted molar refractivity (Wildman–Crippen MR) is 96.0 cm³/mol. The summed E-state index contributed by atoms with van der Waals surface area (Å²) in [5.41, 5.74) is 1.92. The third-order valence-corrected chi connectivity index (χ3v) is 4.39. The summed E-state index contributed by atoms with van der Waals surface area (Å²) in [6.45, 7) is 2.56. The predicted octanol–water partition coefficient (Wildman–Crippen LogP) is 3.72. The van der Waals surface area contributed by atoms with Crippen LogP contribution in [0.25, 0.3) is 5.52 Å². The lowest BCUT2D eigenvalue weighted by molar-refractivity contribution is -0.122. The van der Waals surface area contributed by atoms with Gasteiger partial charge in [-0.1, -0.05) is 25.1 Å². The number of pyridine rings is 1.